The molecule has 0 unspecified atom stereocenters. The zero-order valence-corrected chi connectivity index (χ0v) is 15.8. The summed E-state index contributed by atoms with van der Waals surface area (Å²) in [6.45, 7) is 4.20. The predicted molar refractivity (Wildman–Crippen MR) is 105 cm³/mol. The van der Waals surface area contributed by atoms with Gasteiger partial charge in [0.05, 0.1) is 16.8 Å². The Kier molecular flexibility index (Phi) is 5.41. The summed E-state index contributed by atoms with van der Waals surface area (Å²) in [5, 5.41) is 3.20. The molecule has 7 heteroatoms. The summed E-state index contributed by atoms with van der Waals surface area (Å²) in [6, 6.07) is 15.0. The second kappa shape index (κ2) is 7.75. The lowest BCUT2D eigenvalue weighted by Crippen LogP contribution is -2.14. The molecule has 2 N–H and O–H groups in total. The summed E-state index contributed by atoms with van der Waals surface area (Å²) in [4.78, 5) is 4.27. The van der Waals surface area contributed by atoms with E-state index in [4.69, 9.17) is 0 Å². The fourth-order valence-electron chi connectivity index (χ4n) is 2.70. The van der Waals surface area contributed by atoms with E-state index in [-0.39, 0.29) is 4.90 Å². The Morgan fingerprint density at radius 3 is 2.52 bits per heavy atom. The lowest BCUT2D eigenvalue weighted by Gasteiger charge is -2.11. The largest absolute Gasteiger partial charge is 0.366 e. The van der Waals surface area contributed by atoms with Crippen molar-refractivity contribution >= 4 is 21.5 Å². The number of nitrogens with zero attached hydrogens (tertiary/aromatic N) is 1. The third-order valence-corrected chi connectivity index (χ3v) is 5.54. The highest BCUT2D eigenvalue weighted by atomic mass is 32.2. The molecule has 0 radical (unpaired) electrons. The summed E-state index contributed by atoms with van der Waals surface area (Å²) >= 11 is 0. The zero-order chi connectivity index (χ0) is 19.4. The van der Waals surface area contributed by atoms with Gasteiger partial charge in [-0.05, 0) is 55.3 Å². The maximum Gasteiger partial charge on any atom is 0.262 e. The van der Waals surface area contributed by atoms with Crippen LogP contribution in [-0.2, 0) is 16.6 Å². The molecule has 0 aliphatic rings. The van der Waals surface area contributed by atoms with Crippen molar-refractivity contribution in [1.82, 2.24) is 4.98 Å². The van der Waals surface area contributed by atoms with Gasteiger partial charge in [0.25, 0.3) is 10.0 Å². The smallest absolute Gasteiger partial charge is 0.262 e. The van der Waals surface area contributed by atoms with Crippen molar-refractivity contribution in [3.8, 4) is 0 Å². The first-order valence-electron chi connectivity index (χ1n) is 8.38. The van der Waals surface area contributed by atoms with Crippen molar-refractivity contribution in [2.24, 2.45) is 0 Å². The summed E-state index contributed by atoms with van der Waals surface area (Å²) in [5.74, 6) is 0.162. The highest BCUT2D eigenvalue weighted by molar-refractivity contribution is 7.92. The normalized spacial score (nSPS) is 11.2. The van der Waals surface area contributed by atoms with Gasteiger partial charge >= 0.3 is 0 Å². The number of hydrogen-bond acceptors (Lipinski definition) is 4. The Morgan fingerprint density at radius 1 is 1.04 bits per heavy atom. The average Bonchev–Trinajstić information content (AvgIpc) is 2.60. The van der Waals surface area contributed by atoms with E-state index in [0.717, 1.165) is 11.6 Å². The van der Waals surface area contributed by atoms with Crippen LogP contribution in [0.1, 0.15) is 16.7 Å². The molecule has 0 spiro atoms. The lowest BCUT2D eigenvalue weighted by atomic mass is 10.1. The van der Waals surface area contributed by atoms with Crippen molar-refractivity contribution in [3.05, 3.63) is 83.3 Å². The number of hydrogen-bond donors (Lipinski definition) is 2. The Morgan fingerprint density at radius 2 is 1.85 bits per heavy atom. The Labute approximate surface area is 158 Å². The molecule has 5 nitrogen and oxygen atoms in total. The molecule has 0 atom stereocenters. The number of halogens is 1. The first kappa shape index (κ1) is 18.8. The molecule has 0 bridgehead atoms. The minimum absolute atomic E-state index is 0.0329. The van der Waals surface area contributed by atoms with Gasteiger partial charge in [0.15, 0.2) is 0 Å². The number of anilines is 2. The Balaban J connectivity index is 1.68. The number of sulfonamides is 1. The van der Waals surface area contributed by atoms with Gasteiger partial charge in [0, 0.05) is 6.54 Å². The highest BCUT2D eigenvalue weighted by Crippen LogP contribution is 2.20. The highest BCUT2D eigenvalue weighted by Gasteiger charge is 2.17. The molecule has 0 aliphatic carbocycles. The predicted octanol–water partition coefficient (Wildman–Crippen LogP) is 4.25. The maximum atomic E-state index is 13.2. The molecule has 140 valence electrons. The quantitative estimate of drug-likeness (QED) is 0.665. The van der Waals surface area contributed by atoms with Gasteiger partial charge in [-0.15, -0.1) is 0 Å². The number of pyridine rings is 1. The average molecular weight is 385 g/mol. The van der Waals surface area contributed by atoms with Crippen LogP contribution in [0.15, 0.2) is 65.7 Å². The molecular formula is C20H20FN3O2S. The zero-order valence-electron chi connectivity index (χ0n) is 15.0. The molecule has 27 heavy (non-hydrogen) atoms. The van der Waals surface area contributed by atoms with E-state index < -0.39 is 15.8 Å². The molecule has 1 heterocycles. The minimum atomic E-state index is -3.81. The van der Waals surface area contributed by atoms with Crippen LogP contribution in [-0.4, -0.2) is 13.4 Å². The van der Waals surface area contributed by atoms with E-state index in [1.165, 1.54) is 23.9 Å². The second-order valence-corrected chi connectivity index (χ2v) is 7.94. The van der Waals surface area contributed by atoms with Gasteiger partial charge in [-0.25, -0.2) is 17.8 Å². The van der Waals surface area contributed by atoms with Gasteiger partial charge in [-0.1, -0.05) is 29.8 Å². The van der Waals surface area contributed by atoms with Crippen LogP contribution in [0.4, 0.5) is 15.9 Å². The maximum absolute atomic E-state index is 13.2. The van der Waals surface area contributed by atoms with Crippen LogP contribution in [0.2, 0.25) is 0 Å². The van der Waals surface area contributed by atoms with Crippen LogP contribution in [0.5, 0.6) is 0 Å². The van der Waals surface area contributed by atoms with Crippen molar-refractivity contribution in [1.29, 1.82) is 0 Å². The van der Waals surface area contributed by atoms with Crippen LogP contribution >= 0.6 is 0 Å². The third kappa shape index (κ3) is 4.83. The number of nitrogens with one attached hydrogen (secondary N) is 2. The van der Waals surface area contributed by atoms with Crippen LogP contribution in [0.25, 0.3) is 0 Å². The van der Waals surface area contributed by atoms with Crippen LogP contribution < -0.4 is 10.0 Å². The molecular weight excluding hydrogens is 365 g/mol. The number of rotatable bonds is 6. The lowest BCUT2D eigenvalue weighted by molar-refractivity contribution is 0.598. The van der Waals surface area contributed by atoms with Crippen molar-refractivity contribution in [3.63, 3.8) is 0 Å². The molecule has 2 aromatic carbocycles. The van der Waals surface area contributed by atoms with E-state index in [1.54, 1.807) is 19.1 Å². The van der Waals surface area contributed by atoms with E-state index in [1.807, 2.05) is 25.1 Å². The third-order valence-electron chi connectivity index (χ3n) is 4.00. The van der Waals surface area contributed by atoms with Crippen molar-refractivity contribution in [2.75, 3.05) is 10.0 Å². The summed E-state index contributed by atoms with van der Waals surface area (Å²) in [5.41, 5.74) is 2.99. The summed E-state index contributed by atoms with van der Waals surface area (Å²) < 4.78 is 40.6. The molecule has 3 aromatic rings. The van der Waals surface area contributed by atoms with Gasteiger partial charge in [0.1, 0.15) is 11.6 Å². The Hall–Kier alpha value is -2.93. The summed E-state index contributed by atoms with van der Waals surface area (Å²) in [7, 11) is -3.81. The molecule has 3 rings (SSSR count). The number of benzene rings is 2. The molecule has 0 fully saturated rings. The molecule has 0 saturated heterocycles. The first-order chi connectivity index (χ1) is 12.8. The van der Waals surface area contributed by atoms with E-state index in [9.17, 15) is 12.8 Å². The van der Waals surface area contributed by atoms with Gasteiger partial charge in [0.2, 0.25) is 0 Å². The van der Waals surface area contributed by atoms with Gasteiger partial charge in [-0.3, -0.25) is 4.72 Å². The molecule has 1 aromatic heterocycles. The number of aromatic nitrogens is 1. The van der Waals surface area contributed by atoms with E-state index in [0.29, 0.717) is 23.6 Å². The minimum Gasteiger partial charge on any atom is -0.366 e. The topological polar surface area (TPSA) is 71.1 Å². The van der Waals surface area contributed by atoms with Gasteiger partial charge < -0.3 is 5.32 Å². The monoisotopic (exact) mass is 385 g/mol. The fourth-order valence-corrected chi connectivity index (χ4v) is 3.97. The van der Waals surface area contributed by atoms with Crippen LogP contribution in [0, 0.1) is 19.7 Å². The summed E-state index contributed by atoms with van der Waals surface area (Å²) in [6.07, 6.45) is 1.44. The first-order valence-corrected chi connectivity index (χ1v) is 9.86. The SMILES string of the molecule is Cc1cccc(CNc2ccc(NS(=O)(=O)c3ccc(F)cc3C)cn2)c1. The fraction of sp³-hybridized carbons (Fsp3) is 0.150. The molecule has 0 saturated carbocycles. The van der Waals surface area contributed by atoms with Gasteiger partial charge in [-0.2, -0.15) is 0 Å². The van der Waals surface area contributed by atoms with Crippen LogP contribution in [0.3, 0.4) is 0 Å². The van der Waals surface area contributed by atoms with Crippen molar-refractivity contribution in [2.45, 2.75) is 25.3 Å². The second-order valence-electron chi connectivity index (χ2n) is 6.29. The van der Waals surface area contributed by atoms with E-state index in [2.05, 4.69) is 21.1 Å². The number of aryl methyl sites for hydroxylation is 2. The Bertz CT molecular complexity index is 1050. The standard InChI is InChI=1S/C20H20FN3O2S/c1-14-4-3-5-16(10-14)12-22-20-9-7-18(13-23-20)24-27(25,26)19-8-6-17(21)11-15(19)2/h3-11,13,24H,12H2,1-2H3,(H,22,23). The molecule has 0 amide bonds. The molecule has 0 aliphatic heterocycles. The van der Waals surface area contributed by atoms with Crippen molar-refractivity contribution < 1.29 is 12.8 Å². The van der Waals surface area contributed by atoms with E-state index >= 15 is 0 Å².